The van der Waals surface area contributed by atoms with Crippen molar-refractivity contribution in [3.8, 4) is 22.5 Å². The van der Waals surface area contributed by atoms with Crippen molar-refractivity contribution in [2.75, 3.05) is 17.2 Å². The molecule has 0 aliphatic heterocycles. The largest absolute Gasteiger partial charge is 0.437 e. The van der Waals surface area contributed by atoms with Gasteiger partial charge in [0.2, 0.25) is 11.6 Å². The van der Waals surface area contributed by atoms with Crippen LogP contribution in [0.2, 0.25) is 0 Å². The molecule has 178 valence electrons. The van der Waals surface area contributed by atoms with Crippen LogP contribution >= 0.6 is 0 Å². The Morgan fingerprint density at radius 3 is 2.42 bits per heavy atom. The molecule has 0 bridgehead atoms. The molecule has 7 nitrogen and oxygen atoms in total. The number of anilines is 2. The zero-order valence-electron chi connectivity index (χ0n) is 19.4. The van der Waals surface area contributed by atoms with Gasteiger partial charge in [-0.3, -0.25) is 4.79 Å². The number of nitrogens with zero attached hydrogens (tertiary/aromatic N) is 2. The highest BCUT2D eigenvalue weighted by Gasteiger charge is 2.24. The van der Waals surface area contributed by atoms with E-state index in [-0.39, 0.29) is 18.6 Å². The molecule has 0 aliphatic rings. The second kappa shape index (κ2) is 10.2. The molecule has 2 heterocycles. The molecule has 5 rings (SSSR count). The fourth-order valence-corrected chi connectivity index (χ4v) is 4.14. The van der Waals surface area contributed by atoms with Gasteiger partial charge in [-0.15, -0.1) is 0 Å². The fraction of sp³-hybridized carbons (Fsp3) is 0.0690. The van der Waals surface area contributed by atoms with E-state index in [1.54, 1.807) is 0 Å². The van der Waals surface area contributed by atoms with Gasteiger partial charge in [-0.1, -0.05) is 79.4 Å². The Labute approximate surface area is 208 Å². The summed E-state index contributed by atoms with van der Waals surface area (Å²) in [5, 5.41) is 17.0. The molecule has 1 amide bonds. The minimum atomic E-state index is -0.384. The molecule has 3 aromatic carbocycles. The van der Waals surface area contributed by atoms with Crippen molar-refractivity contribution in [2.45, 2.75) is 6.04 Å². The van der Waals surface area contributed by atoms with Crippen molar-refractivity contribution in [1.29, 1.82) is 0 Å². The third-order valence-corrected chi connectivity index (χ3v) is 5.82. The summed E-state index contributed by atoms with van der Waals surface area (Å²) in [6.07, 6.45) is 2.66. The number of hydrogen-bond donors (Lipinski definition) is 3. The SMILES string of the molecule is C=CC(=O)Nc1cccc(-c2c(-c3ccccc3)oc3ncnc(N[C@@H](CO)c4ccccc4)c23)c1. The minimum absolute atomic E-state index is 0.128. The highest BCUT2D eigenvalue weighted by Crippen LogP contribution is 2.43. The maximum Gasteiger partial charge on any atom is 0.247 e. The number of fused-ring (bicyclic) bond motifs is 1. The van der Waals surface area contributed by atoms with Crippen LogP contribution in [0.3, 0.4) is 0 Å². The lowest BCUT2D eigenvalue weighted by molar-refractivity contribution is -0.111. The van der Waals surface area contributed by atoms with Crippen molar-refractivity contribution in [3.63, 3.8) is 0 Å². The van der Waals surface area contributed by atoms with Crippen LogP contribution in [0.4, 0.5) is 11.5 Å². The van der Waals surface area contributed by atoms with E-state index in [1.165, 1.54) is 12.4 Å². The van der Waals surface area contributed by atoms with Crippen LogP contribution in [0.1, 0.15) is 11.6 Å². The number of benzene rings is 3. The number of hydrogen-bond acceptors (Lipinski definition) is 6. The molecule has 1 atom stereocenters. The number of aromatic nitrogens is 2. The standard InChI is InChI=1S/C29H24N4O3/c1-2-24(35)32-22-15-9-14-21(16-22)25-26-28(33-23(17-34)19-10-5-3-6-11-19)30-18-31-29(26)36-27(25)20-12-7-4-8-13-20/h2-16,18,23,34H,1,17H2,(H,32,35)(H,30,31,33)/t23-/m0/s1. The maximum atomic E-state index is 11.9. The van der Waals surface area contributed by atoms with Gasteiger partial charge in [0.15, 0.2) is 0 Å². The zero-order chi connectivity index (χ0) is 24.9. The molecule has 0 radical (unpaired) electrons. The summed E-state index contributed by atoms with van der Waals surface area (Å²) in [4.78, 5) is 20.8. The monoisotopic (exact) mass is 476 g/mol. The molecule has 7 heteroatoms. The smallest absolute Gasteiger partial charge is 0.247 e. The quantitative estimate of drug-likeness (QED) is 0.244. The van der Waals surface area contributed by atoms with E-state index < -0.39 is 0 Å². The van der Waals surface area contributed by atoms with Crippen LogP contribution in [0.15, 0.2) is 108 Å². The van der Waals surface area contributed by atoms with Crippen molar-refractivity contribution < 1.29 is 14.3 Å². The summed E-state index contributed by atoms with van der Waals surface area (Å²) in [6, 6.07) is 26.5. The average Bonchev–Trinajstić information content (AvgIpc) is 3.33. The zero-order valence-corrected chi connectivity index (χ0v) is 19.4. The Morgan fingerprint density at radius 2 is 1.69 bits per heavy atom. The molecular weight excluding hydrogens is 452 g/mol. The van der Waals surface area contributed by atoms with E-state index in [1.807, 2.05) is 84.9 Å². The van der Waals surface area contributed by atoms with Crippen LogP contribution in [0.25, 0.3) is 33.6 Å². The van der Waals surface area contributed by atoms with Gasteiger partial charge >= 0.3 is 0 Å². The van der Waals surface area contributed by atoms with E-state index in [9.17, 15) is 9.90 Å². The average molecular weight is 477 g/mol. The van der Waals surface area contributed by atoms with Crippen LogP contribution in [0.5, 0.6) is 0 Å². The minimum Gasteiger partial charge on any atom is -0.437 e. The Kier molecular flexibility index (Phi) is 6.55. The first-order valence-electron chi connectivity index (χ1n) is 11.5. The molecule has 3 N–H and O–H groups in total. The second-order valence-electron chi connectivity index (χ2n) is 8.14. The van der Waals surface area contributed by atoms with Gasteiger partial charge in [-0.2, -0.15) is 0 Å². The molecule has 5 aromatic rings. The molecule has 2 aromatic heterocycles. The lowest BCUT2D eigenvalue weighted by Crippen LogP contribution is -2.15. The molecule has 0 unspecified atom stereocenters. The van der Waals surface area contributed by atoms with Crippen LogP contribution in [0, 0.1) is 0 Å². The number of aliphatic hydroxyl groups is 1. The number of amides is 1. The Hall–Kier alpha value is -4.75. The molecule has 0 spiro atoms. The van der Waals surface area contributed by atoms with Crippen molar-refractivity contribution in [1.82, 2.24) is 9.97 Å². The van der Waals surface area contributed by atoms with E-state index in [0.717, 1.165) is 22.3 Å². The second-order valence-corrected chi connectivity index (χ2v) is 8.14. The molecule has 0 saturated heterocycles. The third kappa shape index (κ3) is 4.60. The lowest BCUT2D eigenvalue weighted by Gasteiger charge is -2.18. The number of aliphatic hydroxyl groups excluding tert-OH is 1. The molecular formula is C29H24N4O3. The number of furan rings is 1. The number of carbonyl (C=O) groups excluding carboxylic acids is 1. The van der Waals surface area contributed by atoms with Crippen LogP contribution < -0.4 is 10.6 Å². The van der Waals surface area contributed by atoms with Gasteiger partial charge in [0.25, 0.3) is 0 Å². The van der Waals surface area contributed by atoms with Gasteiger partial charge in [-0.05, 0) is 29.3 Å². The normalized spacial score (nSPS) is 11.7. The van der Waals surface area contributed by atoms with Crippen molar-refractivity contribution >= 4 is 28.5 Å². The molecule has 36 heavy (non-hydrogen) atoms. The summed E-state index contributed by atoms with van der Waals surface area (Å²) in [5.74, 6) is 0.859. The first kappa shape index (κ1) is 23.0. The topological polar surface area (TPSA) is 100 Å². The highest BCUT2D eigenvalue weighted by molar-refractivity contribution is 6.07. The van der Waals surface area contributed by atoms with E-state index >= 15 is 0 Å². The molecule has 0 aliphatic carbocycles. The van der Waals surface area contributed by atoms with E-state index in [4.69, 9.17) is 4.42 Å². The predicted molar refractivity (Wildman–Crippen MR) is 141 cm³/mol. The van der Waals surface area contributed by atoms with Crippen molar-refractivity contribution in [3.05, 3.63) is 109 Å². The number of rotatable bonds is 8. The summed E-state index contributed by atoms with van der Waals surface area (Å²) in [5.41, 5.74) is 4.42. The Balaban J connectivity index is 1.70. The first-order valence-corrected chi connectivity index (χ1v) is 11.5. The molecule has 0 saturated carbocycles. The summed E-state index contributed by atoms with van der Waals surface area (Å²) in [6.45, 7) is 3.40. The van der Waals surface area contributed by atoms with Gasteiger partial charge < -0.3 is 20.2 Å². The summed E-state index contributed by atoms with van der Waals surface area (Å²) >= 11 is 0. The van der Waals surface area contributed by atoms with Gasteiger partial charge in [0.05, 0.1) is 18.0 Å². The van der Waals surface area contributed by atoms with Gasteiger partial charge in [0.1, 0.15) is 17.9 Å². The number of carbonyl (C=O) groups is 1. The maximum absolute atomic E-state index is 11.9. The van der Waals surface area contributed by atoms with Gasteiger partial charge in [0, 0.05) is 16.8 Å². The summed E-state index contributed by atoms with van der Waals surface area (Å²) in [7, 11) is 0. The number of nitrogens with one attached hydrogen (secondary N) is 2. The highest BCUT2D eigenvalue weighted by atomic mass is 16.3. The van der Waals surface area contributed by atoms with E-state index in [0.29, 0.717) is 28.4 Å². The third-order valence-electron chi connectivity index (χ3n) is 5.82. The van der Waals surface area contributed by atoms with Gasteiger partial charge in [-0.25, -0.2) is 9.97 Å². The molecule has 0 fully saturated rings. The first-order chi connectivity index (χ1) is 17.7. The van der Waals surface area contributed by atoms with Crippen molar-refractivity contribution in [2.24, 2.45) is 0 Å². The van der Waals surface area contributed by atoms with Crippen LogP contribution in [-0.2, 0) is 4.79 Å². The fourth-order valence-electron chi connectivity index (χ4n) is 4.14. The van der Waals surface area contributed by atoms with Crippen LogP contribution in [-0.4, -0.2) is 27.6 Å². The predicted octanol–water partition coefficient (Wildman–Crippen LogP) is 5.83. The lowest BCUT2D eigenvalue weighted by atomic mass is 9.98. The Morgan fingerprint density at radius 1 is 0.972 bits per heavy atom. The summed E-state index contributed by atoms with van der Waals surface area (Å²) < 4.78 is 6.29. The van der Waals surface area contributed by atoms with E-state index in [2.05, 4.69) is 27.2 Å². The Bertz CT molecular complexity index is 1510.